The van der Waals surface area contributed by atoms with Crippen LogP contribution in [0.25, 0.3) is 0 Å². The van der Waals surface area contributed by atoms with Crippen LogP contribution in [0.2, 0.25) is 0 Å². The predicted octanol–water partition coefficient (Wildman–Crippen LogP) is -0.0350. The van der Waals surface area contributed by atoms with Crippen LogP contribution in [0.4, 0.5) is 0 Å². The molecule has 1 aromatic carbocycles. The molecule has 1 saturated heterocycles. The normalized spacial score (nSPS) is 19.4. The third kappa shape index (κ3) is 2.87. The molecule has 1 aliphatic rings. The molecule has 98 valence electrons. The Morgan fingerprint density at radius 2 is 1.83 bits per heavy atom. The molecule has 1 heterocycles. The Labute approximate surface area is 108 Å². The van der Waals surface area contributed by atoms with Crippen molar-refractivity contribution >= 4 is 5.91 Å². The molecule has 5 nitrogen and oxygen atoms in total. The third-order valence-electron chi connectivity index (χ3n) is 3.41. The fraction of sp³-hybridized carbons (Fsp3) is 0.462. The molecule has 5 heteroatoms. The molecule has 0 aliphatic carbocycles. The van der Waals surface area contributed by atoms with Gasteiger partial charge in [0.1, 0.15) is 6.04 Å². The molecule has 0 aromatic heterocycles. The fourth-order valence-electron chi connectivity index (χ4n) is 2.32. The molecule has 1 aliphatic heterocycles. The summed E-state index contributed by atoms with van der Waals surface area (Å²) in [6.07, 6.45) is 0. The molecule has 1 aromatic rings. The smallest absolute Gasteiger partial charge is 0.255 e. The third-order valence-corrected chi connectivity index (χ3v) is 3.41. The molecule has 1 atom stereocenters. The van der Waals surface area contributed by atoms with Gasteiger partial charge in [-0.05, 0) is 12.6 Å². The zero-order valence-electron chi connectivity index (χ0n) is 10.7. The number of hydrogen-bond donors (Lipinski definition) is 2. The summed E-state index contributed by atoms with van der Waals surface area (Å²) in [4.78, 5) is 16.4. The van der Waals surface area contributed by atoms with Crippen molar-refractivity contribution in [2.45, 2.75) is 6.04 Å². The molecule has 2 rings (SSSR count). The van der Waals surface area contributed by atoms with Gasteiger partial charge in [0.2, 0.25) is 0 Å². The lowest BCUT2D eigenvalue weighted by atomic mass is 10.0. The molecule has 1 unspecified atom stereocenters. The number of piperazine rings is 1. The molecule has 1 amide bonds. The summed E-state index contributed by atoms with van der Waals surface area (Å²) < 4.78 is 0. The standard InChI is InChI=1S/C13H20N4O/c1-16-7-9-17(10-8-16)12(13(18)15-14)11-5-3-2-4-6-11/h2-6,12H,7-10,14H2,1H3,(H,15,18). The SMILES string of the molecule is CN1CCN(C(C(=O)NN)c2ccccc2)CC1. The Hall–Kier alpha value is -1.43. The van der Waals surface area contributed by atoms with E-state index in [9.17, 15) is 4.79 Å². The van der Waals surface area contributed by atoms with Crippen molar-refractivity contribution in [3.05, 3.63) is 35.9 Å². The van der Waals surface area contributed by atoms with Gasteiger partial charge in [-0.15, -0.1) is 0 Å². The second-order valence-electron chi connectivity index (χ2n) is 4.66. The fourth-order valence-corrected chi connectivity index (χ4v) is 2.32. The number of hydrazine groups is 1. The molecule has 0 saturated carbocycles. The highest BCUT2D eigenvalue weighted by Gasteiger charge is 2.29. The van der Waals surface area contributed by atoms with Crippen molar-refractivity contribution in [1.82, 2.24) is 15.2 Å². The van der Waals surface area contributed by atoms with Gasteiger partial charge in [0.05, 0.1) is 0 Å². The van der Waals surface area contributed by atoms with Crippen LogP contribution >= 0.6 is 0 Å². The summed E-state index contributed by atoms with van der Waals surface area (Å²) in [5, 5.41) is 0. The Bertz CT molecular complexity index is 387. The minimum atomic E-state index is -0.287. The van der Waals surface area contributed by atoms with E-state index in [4.69, 9.17) is 5.84 Å². The first-order chi connectivity index (χ1) is 8.72. The summed E-state index contributed by atoms with van der Waals surface area (Å²) in [6, 6.07) is 9.50. The molecular formula is C13H20N4O. The van der Waals surface area contributed by atoms with Crippen LogP contribution < -0.4 is 11.3 Å². The molecule has 0 spiro atoms. The van der Waals surface area contributed by atoms with E-state index >= 15 is 0 Å². The number of carbonyl (C=O) groups is 1. The van der Waals surface area contributed by atoms with Crippen LogP contribution in [0.5, 0.6) is 0 Å². The summed E-state index contributed by atoms with van der Waals surface area (Å²) in [5.41, 5.74) is 3.27. The number of amides is 1. The Morgan fingerprint density at radius 3 is 2.39 bits per heavy atom. The maximum Gasteiger partial charge on any atom is 0.255 e. The van der Waals surface area contributed by atoms with Crippen LogP contribution in [-0.2, 0) is 4.79 Å². The van der Waals surface area contributed by atoms with E-state index in [1.54, 1.807) is 0 Å². The van der Waals surface area contributed by atoms with Crippen molar-refractivity contribution in [3.63, 3.8) is 0 Å². The highest BCUT2D eigenvalue weighted by Crippen LogP contribution is 2.21. The summed E-state index contributed by atoms with van der Waals surface area (Å²) >= 11 is 0. The van der Waals surface area contributed by atoms with E-state index in [0.717, 1.165) is 31.7 Å². The van der Waals surface area contributed by atoms with Gasteiger partial charge in [0.15, 0.2) is 0 Å². The van der Waals surface area contributed by atoms with Crippen molar-refractivity contribution < 1.29 is 4.79 Å². The number of carbonyl (C=O) groups excluding carboxylic acids is 1. The van der Waals surface area contributed by atoms with Gasteiger partial charge in [0.25, 0.3) is 5.91 Å². The number of likely N-dealkylation sites (N-methyl/N-ethyl adjacent to an activating group) is 1. The molecule has 0 bridgehead atoms. The average Bonchev–Trinajstić information content (AvgIpc) is 2.42. The van der Waals surface area contributed by atoms with Crippen molar-refractivity contribution in [3.8, 4) is 0 Å². The molecule has 18 heavy (non-hydrogen) atoms. The maximum atomic E-state index is 12.0. The topological polar surface area (TPSA) is 61.6 Å². The van der Waals surface area contributed by atoms with E-state index in [1.807, 2.05) is 30.3 Å². The predicted molar refractivity (Wildman–Crippen MR) is 70.6 cm³/mol. The molecule has 0 radical (unpaired) electrons. The number of nitrogens with two attached hydrogens (primary N) is 1. The van der Waals surface area contributed by atoms with E-state index in [-0.39, 0.29) is 11.9 Å². The second kappa shape index (κ2) is 5.95. The first kappa shape index (κ1) is 13.0. The first-order valence-corrected chi connectivity index (χ1v) is 6.20. The highest BCUT2D eigenvalue weighted by atomic mass is 16.2. The summed E-state index contributed by atoms with van der Waals surface area (Å²) in [5.74, 6) is 5.16. The minimum Gasteiger partial charge on any atom is -0.304 e. The minimum absolute atomic E-state index is 0.147. The van der Waals surface area contributed by atoms with E-state index in [0.29, 0.717) is 0 Å². The van der Waals surface area contributed by atoms with Gasteiger partial charge in [0, 0.05) is 26.2 Å². The Kier molecular flexibility index (Phi) is 4.30. The van der Waals surface area contributed by atoms with Crippen molar-refractivity contribution in [1.29, 1.82) is 0 Å². The first-order valence-electron chi connectivity index (χ1n) is 6.20. The van der Waals surface area contributed by atoms with Crippen LogP contribution in [0.3, 0.4) is 0 Å². The number of nitrogens with zero attached hydrogens (tertiary/aromatic N) is 2. The number of hydrogen-bond acceptors (Lipinski definition) is 4. The van der Waals surface area contributed by atoms with Crippen LogP contribution in [0.15, 0.2) is 30.3 Å². The van der Waals surface area contributed by atoms with Crippen molar-refractivity contribution in [2.24, 2.45) is 5.84 Å². The molecule has 3 N–H and O–H groups in total. The number of rotatable bonds is 3. The Balaban J connectivity index is 2.18. The largest absolute Gasteiger partial charge is 0.304 e. The molecule has 1 fully saturated rings. The average molecular weight is 248 g/mol. The van der Waals surface area contributed by atoms with Gasteiger partial charge in [-0.3, -0.25) is 15.1 Å². The maximum absolute atomic E-state index is 12.0. The lowest BCUT2D eigenvalue weighted by Crippen LogP contribution is -2.50. The van der Waals surface area contributed by atoms with Crippen LogP contribution in [0, 0.1) is 0 Å². The quantitative estimate of drug-likeness (QED) is 0.448. The number of nitrogens with one attached hydrogen (secondary N) is 1. The van der Waals surface area contributed by atoms with Gasteiger partial charge in [-0.2, -0.15) is 0 Å². The lowest BCUT2D eigenvalue weighted by Gasteiger charge is -2.37. The zero-order chi connectivity index (χ0) is 13.0. The van der Waals surface area contributed by atoms with Gasteiger partial charge in [-0.1, -0.05) is 30.3 Å². The lowest BCUT2D eigenvalue weighted by molar-refractivity contribution is -0.127. The van der Waals surface area contributed by atoms with Crippen molar-refractivity contribution in [2.75, 3.05) is 33.2 Å². The van der Waals surface area contributed by atoms with Crippen LogP contribution in [0.1, 0.15) is 11.6 Å². The van der Waals surface area contributed by atoms with Crippen LogP contribution in [-0.4, -0.2) is 48.9 Å². The van der Waals surface area contributed by atoms with E-state index in [1.165, 1.54) is 0 Å². The van der Waals surface area contributed by atoms with Gasteiger partial charge < -0.3 is 4.90 Å². The summed E-state index contributed by atoms with van der Waals surface area (Å²) in [7, 11) is 2.10. The zero-order valence-corrected chi connectivity index (χ0v) is 10.7. The van der Waals surface area contributed by atoms with Gasteiger partial charge in [-0.25, -0.2) is 5.84 Å². The summed E-state index contributed by atoms with van der Waals surface area (Å²) in [6.45, 7) is 3.70. The van der Waals surface area contributed by atoms with Gasteiger partial charge >= 0.3 is 0 Å². The monoisotopic (exact) mass is 248 g/mol. The molecular weight excluding hydrogens is 228 g/mol. The van der Waals surface area contributed by atoms with E-state index < -0.39 is 0 Å². The highest BCUT2D eigenvalue weighted by molar-refractivity contribution is 5.82. The Morgan fingerprint density at radius 1 is 1.22 bits per heavy atom. The number of benzene rings is 1. The van der Waals surface area contributed by atoms with E-state index in [2.05, 4.69) is 22.3 Å². The second-order valence-corrected chi connectivity index (χ2v) is 4.66.